The minimum absolute atomic E-state index is 0.151. The van der Waals surface area contributed by atoms with Crippen molar-refractivity contribution in [3.05, 3.63) is 46.7 Å². The van der Waals surface area contributed by atoms with Crippen LogP contribution in [0.3, 0.4) is 0 Å². The molecule has 1 aromatic heterocycles. The molecule has 0 fully saturated rings. The molecule has 1 aromatic carbocycles. The van der Waals surface area contributed by atoms with Crippen LogP contribution >= 0.6 is 0 Å². The van der Waals surface area contributed by atoms with Gasteiger partial charge in [-0.15, -0.1) is 0 Å². The molecule has 2 aromatic rings. The van der Waals surface area contributed by atoms with E-state index in [1.165, 1.54) is 24.7 Å². The summed E-state index contributed by atoms with van der Waals surface area (Å²) in [5.74, 6) is 0.411. The predicted octanol–water partition coefficient (Wildman–Crippen LogP) is 1.90. The molecule has 0 unspecified atom stereocenters. The summed E-state index contributed by atoms with van der Waals surface area (Å²) in [5, 5.41) is 22.8. The number of anilines is 1. The lowest BCUT2D eigenvalue weighted by Crippen LogP contribution is -2.01. The zero-order valence-electron chi connectivity index (χ0n) is 8.66. The van der Waals surface area contributed by atoms with E-state index < -0.39 is 4.92 Å². The van der Waals surface area contributed by atoms with Gasteiger partial charge in [0, 0.05) is 0 Å². The topological polar surface area (TPSA) is 101 Å². The highest BCUT2D eigenvalue weighted by molar-refractivity contribution is 5.63. The van der Waals surface area contributed by atoms with Gasteiger partial charge in [0.1, 0.15) is 17.2 Å². The molecule has 7 heteroatoms. The summed E-state index contributed by atoms with van der Waals surface area (Å²) < 4.78 is 4.99. The molecular formula is C10H9N3O4. The Balaban J connectivity index is 2.17. The lowest BCUT2D eigenvalue weighted by molar-refractivity contribution is -0.384. The lowest BCUT2D eigenvalue weighted by Gasteiger charge is -2.05. The number of hydrogen-bond acceptors (Lipinski definition) is 6. The Morgan fingerprint density at radius 2 is 2.35 bits per heavy atom. The summed E-state index contributed by atoms with van der Waals surface area (Å²) in [6.45, 7) is 0.283. The number of phenols is 1. The fourth-order valence-electron chi connectivity index (χ4n) is 1.33. The monoisotopic (exact) mass is 235 g/mol. The quantitative estimate of drug-likeness (QED) is 0.476. The first-order valence-electron chi connectivity index (χ1n) is 4.75. The van der Waals surface area contributed by atoms with Crippen molar-refractivity contribution in [2.24, 2.45) is 0 Å². The SMILES string of the molecule is O=[N+]([O-])c1cc(O)ccc1NCc1cnco1. The van der Waals surface area contributed by atoms with E-state index in [4.69, 9.17) is 4.42 Å². The molecule has 1 heterocycles. The molecule has 0 spiro atoms. The minimum Gasteiger partial charge on any atom is -0.508 e. The van der Waals surface area contributed by atoms with Gasteiger partial charge in [-0.05, 0) is 12.1 Å². The Hall–Kier alpha value is -2.57. The number of aromatic nitrogens is 1. The minimum atomic E-state index is -0.567. The van der Waals surface area contributed by atoms with E-state index in [2.05, 4.69) is 10.3 Å². The number of nitro benzene ring substituents is 1. The summed E-state index contributed by atoms with van der Waals surface area (Å²) in [4.78, 5) is 13.9. The van der Waals surface area contributed by atoms with Gasteiger partial charge in [0.25, 0.3) is 5.69 Å². The van der Waals surface area contributed by atoms with Crippen molar-refractivity contribution in [3.8, 4) is 5.75 Å². The van der Waals surface area contributed by atoms with Gasteiger partial charge in [-0.3, -0.25) is 10.1 Å². The molecule has 7 nitrogen and oxygen atoms in total. The Morgan fingerprint density at radius 1 is 1.53 bits per heavy atom. The molecule has 0 bridgehead atoms. The number of hydrogen-bond donors (Lipinski definition) is 2. The third-order valence-corrected chi connectivity index (χ3v) is 2.11. The second-order valence-electron chi connectivity index (χ2n) is 3.28. The fourth-order valence-corrected chi connectivity index (χ4v) is 1.33. The molecular weight excluding hydrogens is 226 g/mol. The van der Waals surface area contributed by atoms with Crippen molar-refractivity contribution in [3.63, 3.8) is 0 Å². The first-order chi connectivity index (χ1) is 8.16. The number of phenolic OH excluding ortho intramolecular Hbond substituents is 1. The maximum absolute atomic E-state index is 10.8. The second kappa shape index (κ2) is 4.52. The highest BCUT2D eigenvalue weighted by Crippen LogP contribution is 2.28. The number of rotatable bonds is 4. The largest absolute Gasteiger partial charge is 0.508 e. The molecule has 0 amide bonds. The van der Waals surface area contributed by atoms with E-state index in [1.54, 1.807) is 0 Å². The Bertz CT molecular complexity index is 524. The van der Waals surface area contributed by atoms with Gasteiger partial charge in [-0.2, -0.15) is 0 Å². The molecule has 0 aliphatic heterocycles. The van der Waals surface area contributed by atoms with Crippen LogP contribution in [-0.4, -0.2) is 15.0 Å². The predicted molar refractivity (Wildman–Crippen MR) is 58.6 cm³/mol. The molecule has 0 radical (unpaired) electrons. The van der Waals surface area contributed by atoms with Crippen LogP contribution in [0.15, 0.2) is 35.2 Å². The molecule has 0 aliphatic rings. The normalized spacial score (nSPS) is 10.1. The molecule has 2 rings (SSSR count). The van der Waals surface area contributed by atoms with Crippen molar-refractivity contribution in [2.75, 3.05) is 5.32 Å². The van der Waals surface area contributed by atoms with Gasteiger partial charge < -0.3 is 14.8 Å². The van der Waals surface area contributed by atoms with Crippen LogP contribution < -0.4 is 5.32 Å². The standard InChI is InChI=1S/C10H9N3O4/c14-7-1-2-9(10(3-7)13(15)16)12-5-8-4-11-6-17-8/h1-4,6,12,14H,5H2. The van der Waals surface area contributed by atoms with Crippen molar-refractivity contribution in [1.29, 1.82) is 0 Å². The van der Waals surface area contributed by atoms with E-state index in [-0.39, 0.29) is 18.0 Å². The van der Waals surface area contributed by atoms with E-state index in [1.807, 2.05) is 0 Å². The first kappa shape index (κ1) is 10.9. The van der Waals surface area contributed by atoms with Gasteiger partial charge in [-0.1, -0.05) is 0 Å². The Morgan fingerprint density at radius 3 is 3.00 bits per heavy atom. The molecule has 2 N–H and O–H groups in total. The van der Waals surface area contributed by atoms with Gasteiger partial charge in [0.05, 0.1) is 23.7 Å². The fraction of sp³-hybridized carbons (Fsp3) is 0.100. The number of aromatic hydroxyl groups is 1. The lowest BCUT2D eigenvalue weighted by atomic mass is 10.2. The highest BCUT2D eigenvalue weighted by atomic mass is 16.6. The maximum Gasteiger partial charge on any atom is 0.296 e. The van der Waals surface area contributed by atoms with Crippen LogP contribution in [0.2, 0.25) is 0 Å². The van der Waals surface area contributed by atoms with Crippen LogP contribution in [0, 0.1) is 10.1 Å². The van der Waals surface area contributed by atoms with Crippen LogP contribution in [0.25, 0.3) is 0 Å². The first-order valence-corrected chi connectivity index (χ1v) is 4.75. The molecule has 17 heavy (non-hydrogen) atoms. The van der Waals surface area contributed by atoms with Gasteiger partial charge >= 0.3 is 0 Å². The number of benzene rings is 1. The average Bonchev–Trinajstić information content (AvgIpc) is 2.80. The molecule has 0 saturated carbocycles. The van der Waals surface area contributed by atoms with E-state index in [0.717, 1.165) is 6.07 Å². The van der Waals surface area contributed by atoms with E-state index >= 15 is 0 Å². The average molecular weight is 235 g/mol. The number of nitrogens with one attached hydrogen (secondary N) is 1. The third-order valence-electron chi connectivity index (χ3n) is 2.11. The third kappa shape index (κ3) is 2.51. The van der Waals surface area contributed by atoms with Gasteiger partial charge in [0.2, 0.25) is 0 Å². The summed E-state index contributed by atoms with van der Waals surface area (Å²) in [6, 6.07) is 3.89. The van der Waals surface area contributed by atoms with Crippen molar-refractivity contribution < 1.29 is 14.4 Å². The van der Waals surface area contributed by atoms with Gasteiger partial charge in [0.15, 0.2) is 6.39 Å². The maximum atomic E-state index is 10.8. The molecule has 0 atom stereocenters. The van der Waals surface area contributed by atoms with Crippen LogP contribution in [0.5, 0.6) is 5.75 Å². The summed E-state index contributed by atoms with van der Waals surface area (Å²) in [7, 11) is 0. The van der Waals surface area contributed by atoms with Crippen molar-refractivity contribution in [1.82, 2.24) is 4.98 Å². The summed E-state index contributed by atoms with van der Waals surface area (Å²) in [6.07, 6.45) is 2.79. The summed E-state index contributed by atoms with van der Waals surface area (Å²) in [5.41, 5.74) is 0.119. The molecule has 88 valence electrons. The molecule has 0 aliphatic carbocycles. The van der Waals surface area contributed by atoms with Crippen molar-refractivity contribution >= 4 is 11.4 Å². The zero-order valence-corrected chi connectivity index (χ0v) is 8.66. The highest BCUT2D eigenvalue weighted by Gasteiger charge is 2.14. The Labute approximate surface area is 95.9 Å². The number of nitro groups is 1. The number of nitrogens with zero attached hydrogens (tertiary/aromatic N) is 2. The van der Waals surface area contributed by atoms with Crippen molar-refractivity contribution in [2.45, 2.75) is 6.54 Å². The van der Waals surface area contributed by atoms with Crippen LogP contribution in [0.4, 0.5) is 11.4 Å². The summed E-state index contributed by atoms with van der Waals surface area (Å²) >= 11 is 0. The number of oxazole rings is 1. The van der Waals surface area contributed by atoms with Gasteiger partial charge in [-0.25, -0.2) is 4.98 Å². The molecule has 0 saturated heterocycles. The van der Waals surface area contributed by atoms with Crippen LogP contribution in [0.1, 0.15) is 5.76 Å². The van der Waals surface area contributed by atoms with E-state index in [9.17, 15) is 15.2 Å². The zero-order chi connectivity index (χ0) is 12.3. The Kier molecular flexibility index (Phi) is 2.91. The second-order valence-corrected chi connectivity index (χ2v) is 3.28. The smallest absolute Gasteiger partial charge is 0.296 e. The van der Waals surface area contributed by atoms with E-state index in [0.29, 0.717) is 11.4 Å². The van der Waals surface area contributed by atoms with Crippen LogP contribution in [-0.2, 0) is 6.54 Å².